The van der Waals surface area contributed by atoms with Crippen molar-refractivity contribution in [2.24, 2.45) is 0 Å². The number of halogens is 1. The number of likely N-dealkylation sites (tertiary alicyclic amines) is 1. The minimum atomic E-state index is -0.141. The van der Waals surface area contributed by atoms with Crippen molar-refractivity contribution in [3.05, 3.63) is 71.0 Å². The van der Waals surface area contributed by atoms with E-state index in [4.69, 9.17) is 11.6 Å². The number of rotatable bonds is 3. The van der Waals surface area contributed by atoms with E-state index in [1.807, 2.05) is 24.3 Å². The molecule has 0 atom stereocenters. The highest BCUT2D eigenvalue weighted by Gasteiger charge is 2.18. The number of nitrogens with one attached hydrogen (secondary N) is 1. The van der Waals surface area contributed by atoms with Gasteiger partial charge in [-0.3, -0.25) is 9.78 Å². The maximum absolute atomic E-state index is 12.7. The molecule has 4 rings (SSSR count). The fraction of sp³-hybridized carbons (Fsp3) is 0.273. The molecule has 4 nitrogen and oxygen atoms in total. The highest BCUT2D eigenvalue weighted by molar-refractivity contribution is 6.32. The summed E-state index contributed by atoms with van der Waals surface area (Å²) in [5.41, 5.74) is 2.63. The summed E-state index contributed by atoms with van der Waals surface area (Å²) in [6, 6.07) is 13.5. The molecule has 0 radical (unpaired) electrons. The molecule has 27 heavy (non-hydrogen) atoms. The van der Waals surface area contributed by atoms with Crippen LogP contribution in [0.3, 0.4) is 0 Å². The molecule has 0 aliphatic carbocycles. The first-order chi connectivity index (χ1) is 13.1. The van der Waals surface area contributed by atoms with Gasteiger partial charge in [-0.2, -0.15) is 0 Å². The Kier molecular flexibility index (Phi) is 5.10. The lowest BCUT2D eigenvalue weighted by molar-refractivity contribution is 0.102. The van der Waals surface area contributed by atoms with E-state index >= 15 is 0 Å². The summed E-state index contributed by atoms with van der Waals surface area (Å²) in [5, 5.41) is 5.38. The molecular weight excluding hydrogens is 358 g/mol. The second kappa shape index (κ2) is 7.67. The first-order valence-corrected chi connectivity index (χ1v) is 9.61. The summed E-state index contributed by atoms with van der Waals surface area (Å²) >= 11 is 6.20. The maximum Gasteiger partial charge on any atom is 0.255 e. The zero-order valence-electron chi connectivity index (χ0n) is 15.3. The van der Waals surface area contributed by atoms with E-state index in [1.165, 1.54) is 18.4 Å². The van der Waals surface area contributed by atoms with Crippen LogP contribution in [0.1, 0.15) is 34.7 Å². The quantitative estimate of drug-likeness (QED) is 0.700. The number of piperidine rings is 1. The molecule has 2 heterocycles. The van der Waals surface area contributed by atoms with E-state index in [2.05, 4.69) is 34.4 Å². The summed E-state index contributed by atoms with van der Waals surface area (Å²) < 4.78 is 0. The Hall–Kier alpha value is -2.43. The number of carbonyl (C=O) groups excluding carboxylic acids is 1. The summed E-state index contributed by atoms with van der Waals surface area (Å²) in [5.74, 6) is 0.443. The first kappa shape index (κ1) is 18.0. The Labute approximate surface area is 164 Å². The van der Waals surface area contributed by atoms with E-state index in [-0.39, 0.29) is 5.91 Å². The lowest BCUT2D eigenvalue weighted by Crippen LogP contribution is -2.29. The van der Waals surface area contributed by atoms with Crippen LogP contribution < -0.4 is 5.32 Å². The summed E-state index contributed by atoms with van der Waals surface area (Å²) in [4.78, 5) is 19.2. The lowest BCUT2D eigenvalue weighted by atomic mass is 9.89. The van der Waals surface area contributed by atoms with Crippen molar-refractivity contribution in [3.63, 3.8) is 0 Å². The highest BCUT2D eigenvalue weighted by Crippen LogP contribution is 2.29. The second-order valence-electron chi connectivity index (χ2n) is 7.20. The minimum Gasteiger partial charge on any atom is -0.321 e. The van der Waals surface area contributed by atoms with E-state index in [9.17, 15) is 4.79 Å². The molecule has 5 heteroatoms. The summed E-state index contributed by atoms with van der Waals surface area (Å²) in [6.45, 7) is 2.26. The van der Waals surface area contributed by atoms with Crippen molar-refractivity contribution in [3.8, 4) is 0 Å². The number of aromatic nitrogens is 1. The smallest absolute Gasteiger partial charge is 0.255 e. The fourth-order valence-corrected chi connectivity index (χ4v) is 3.94. The average Bonchev–Trinajstić information content (AvgIpc) is 2.68. The van der Waals surface area contributed by atoms with Crippen LogP contribution in [-0.4, -0.2) is 35.9 Å². The first-order valence-electron chi connectivity index (χ1n) is 9.23. The standard InChI is InChI=1S/C22H22ClN3O/c1-26-10-7-16(8-11-26)15-2-4-17(5-3-15)22(27)25-21-13-19(23)12-18-6-9-24-14-20(18)21/h2-6,9,12-14,16H,7-8,10-11H2,1H3,(H,25,27). The number of anilines is 1. The van der Waals surface area contributed by atoms with Crippen LogP contribution >= 0.6 is 11.6 Å². The van der Waals surface area contributed by atoms with Crippen molar-refractivity contribution in [2.45, 2.75) is 18.8 Å². The Bertz CT molecular complexity index is 963. The zero-order chi connectivity index (χ0) is 18.8. The number of hydrogen-bond donors (Lipinski definition) is 1. The van der Waals surface area contributed by atoms with Gasteiger partial charge in [0.25, 0.3) is 5.91 Å². The summed E-state index contributed by atoms with van der Waals surface area (Å²) in [6.07, 6.45) is 5.80. The van der Waals surface area contributed by atoms with Crippen LogP contribution in [0.15, 0.2) is 54.9 Å². The van der Waals surface area contributed by atoms with Gasteiger partial charge in [-0.25, -0.2) is 0 Å². The Morgan fingerprint density at radius 1 is 1.15 bits per heavy atom. The molecule has 0 spiro atoms. The number of fused-ring (bicyclic) bond motifs is 1. The van der Waals surface area contributed by atoms with Gasteiger partial charge < -0.3 is 10.2 Å². The number of pyridine rings is 1. The van der Waals surface area contributed by atoms with E-state index in [1.54, 1.807) is 18.5 Å². The fourth-order valence-electron chi connectivity index (χ4n) is 3.71. The molecule has 1 saturated heterocycles. The Balaban J connectivity index is 1.52. The molecule has 0 bridgehead atoms. The van der Waals surface area contributed by atoms with E-state index in [0.717, 1.165) is 23.9 Å². The maximum atomic E-state index is 12.7. The predicted octanol–water partition coefficient (Wildman–Crippen LogP) is 4.95. The van der Waals surface area contributed by atoms with Crippen molar-refractivity contribution in [1.29, 1.82) is 0 Å². The zero-order valence-corrected chi connectivity index (χ0v) is 16.0. The molecule has 3 aromatic rings. The topological polar surface area (TPSA) is 45.2 Å². The van der Waals surface area contributed by atoms with Crippen LogP contribution in [0.2, 0.25) is 5.02 Å². The van der Waals surface area contributed by atoms with Gasteiger partial charge in [0, 0.05) is 28.4 Å². The van der Waals surface area contributed by atoms with E-state index < -0.39 is 0 Å². The molecule has 0 unspecified atom stereocenters. The summed E-state index contributed by atoms with van der Waals surface area (Å²) in [7, 11) is 2.17. The third-order valence-corrected chi connectivity index (χ3v) is 5.55. The molecule has 0 saturated carbocycles. The molecule has 1 aromatic heterocycles. The normalized spacial score (nSPS) is 15.8. The van der Waals surface area contributed by atoms with Crippen LogP contribution in [0.25, 0.3) is 10.8 Å². The minimum absolute atomic E-state index is 0.141. The highest BCUT2D eigenvalue weighted by atomic mass is 35.5. The van der Waals surface area contributed by atoms with Crippen molar-refractivity contribution in [2.75, 3.05) is 25.5 Å². The molecule has 1 aliphatic heterocycles. The number of amides is 1. The Morgan fingerprint density at radius 2 is 1.89 bits per heavy atom. The third kappa shape index (κ3) is 3.97. The van der Waals surface area contributed by atoms with Gasteiger partial charge in [0.1, 0.15) is 0 Å². The molecule has 1 N–H and O–H groups in total. The van der Waals surface area contributed by atoms with Gasteiger partial charge >= 0.3 is 0 Å². The second-order valence-corrected chi connectivity index (χ2v) is 7.64. The number of carbonyl (C=O) groups is 1. The predicted molar refractivity (Wildman–Crippen MR) is 111 cm³/mol. The van der Waals surface area contributed by atoms with Crippen molar-refractivity contribution >= 4 is 34.0 Å². The number of nitrogens with zero attached hydrogens (tertiary/aromatic N) is 2. The molecule has 1 fully saturated rings. The van der Waals surface area contributed by atoms with Crippen LogP contribution in [-0.2, 0) is 0 Å². The van der Waals surface area contributed by atoms with Crippen LogP contribution in [0.4, 0.5) is 5.69 Å². The lowest BCUT2D eigenvalue weighted by Gasteiger charge is -2.29. The monoisotopic (exact) mass is 379 g/mol. The van der Waals surface area contributed by atoms with Crippen LogP contribution in [0, 0.1) is 0 Å². The van der Waals surface area contributed by atoms with Gasteiger partial charge in [-0.1, -0.05) is 23.7 Å². The van der Waals surface area contributed by atoms with Gasteiger partial charge in [0.05, 0.1) is 5.69 Å². The van der Waals surface area contributed by atoms with E-state index in [0.29, 0.717) is 22.2 Å². The van der Waals surface area contributed by atoms with Crippen molar-refractivity contribution in [1.82, 2.24) is 9.88 Å². The molecule has 138 valence electrons. The van der Waals surface area contributed by atoms with Crippen molar-refractivity contribution < 1.29 is 4.79 Å². The third-order valence-electron chi connectivity index (χ3n) is 5.33. The van der Waals surface area contributed by atoms with Crippen LogP contribution in [0.5, 0.6) is 0 Å². The van der Waals surface area contributed by atoms with Gasteiger partial charge in [-0.05, 0) is 80.2 Å². The van der Waals surface area contributed by atoms with Gasteiger partial charge in [-0.15, -0.1) is 0 Å². The molecule has 1 aliphatic rings. The van der Waals surface area contributed by atoms with Gasteiger partial charge in [0.2, 0.25) is 0 Å². The molecular formula is C22H22ClN3O. The SMILES string of the molecule is CN1CCC(c2ccc(C(=O)Nc3cc(Cl)cc4ccncc34)cc2)CC1. The molecule has 1 amide bonds. The molecule has 2 aromatic carbocycles. The Morgan fingerprint density at radius 3 is 2.63 bits per heavy atom. The number of benzene rings is 2. The largest absolute Gasteiger partial charge is 0.321 e. The van der Waals surface area contributed by atoms with Gasteiger partial charge in [0.15, 0.2) is 0 Å². The average molecular weight is 380 g/mol. The number of hydrogen-bond acceptors (Lipinski definition) is 3.